The van der Waals surface area contributed by atoms with Crippen LogP contribution in [0.2, 0.25) is 10.0 Å². The van der Waals surface area contributed by atoms with Crippen LogP contribution in [-0.2, 0) is 5.60 Å². The van der Waals surface area contributed by atoms with Gasteiger partial charge >= 0.3 is 0 Å². The number of nitro groups is 1. The van der Waals surface area contributed by atoms with E-state index in [-0.39, 0.29) is 5.69 Å². The summed E-state index contributed by atoms with van der Waals surface area (Å²) in [6.07, 6.45) is 1.75. The average molecular weight is 324 g/mol. The Hall–Kier alpha value is -1.78. The van der Waals surface area contributed by atoms with Crippen LogP contribution >= 0.6 is 23.2 Å². The van der Waals surface area contributed by atoms with Crippen molar-refractivity contribution >= 4 is 28.9 Å². The molecule has 0 amide bonds. The lowest BCUT2D eigenvalue weighted by Crippen LogP contribution is -2.15. The molecule has 0 radical (unpaired) electrons. The monoisotopic (exact) mass is 323 g/mol. The first-order valence-corrected chi connectivity index (χ1v) is 7.15. The zero-order valence-electron chi connectivity index (χ0n) is 10.9. The minimum absolute atomic E-state index is 0.0433. The van der Waals surface area contributed by atoms with Gasteiger partial charge in [0.2, 0.25) is 0 Å². The van der Waals surface area contributed by atoms with Gasteiger partial charge in [-0.1, -0.05) is 29.3 Å². The Labute approximate surface area is 131 Å². The summed E-state index contributed by atoms with van der Waals surface area (Å²) in [5.74, 6) is 0.601. The van der Waals surface area contributed by atoms with Gasteiger partial charge in [-0.25, -0.2) is 0 Å². The highest BCUT2D eigenvalue weighted by Crippen LogP contribution is 2.50. The molecule has 1 aliphatic carbocycles. The fourth-order valence-corrected chi connectivity index (χ4v) is 2.50. The van der Waals surface area contributed by atoms with Gasteiger partial charge in [-0.15, -0.1) is 0 Å². The molecule has 0 aromatic heterocycles. The molecule has 0 aliphatic heterocycles. The summed E-state index contributed by atoms with van der Waals surface area (Å²) >= 11 is 12.0. The summed E-state index contributed by atoms with van der Waals surface area (Å²) in [7, 11) is 0. The molecule has 0 saturated heterocycles. The topological polar surface area (TPSA) is 52.4 Å². The Morgan fingerprint density at radius 2 is 1.71 bits per heavy atom. The van der Waals surface area contributed by atoms with Gasteiger partial charge in [0.15, 0.2) is 0 Å². The van der Waals surface area contributed by atoms with E-state index in [0.717, 1.165) is 18.4 Å². The van der Waals surface area contributed by atoms with Gasteiger partial charge in [-0.2, -0.15) is 0 Å². The molecule has 1 fully saturated rings. The third-order valence-electron chi connectivity index (χ3n) is 3.51. The van der Waals surface area contributed by atoms with E-state index in [4.69, 9.17) is 27.9 Å². The molecular weight excluding hydrogens is 313 g/mol. The lowest BCUT2D eigenvalue weighted by Gasteiger charge is -2.19. The summed E-state index contributed by atoms with van der Waals surface area (Å²) in [5.41, 5.74) is 0.613. The molecule has 0 unspecified atom stereocenters. The smallest absolute Gasteiger partial charge is 0.269 e. The van der Waals surface area contributed by atoms with Crippen molar-refractivity contribution in [3.05, 3.63) is 68.2 Å². The number of benzene rings is 2. The van der Waals surface area contributed by atoms with E-state index in [1.165, 1.54) is 12.1 Å². The van der Waals surface area contributed by atoms with E-state index >= 15 is 0 Å². The highest BCUT2D eigenvalue weighted by Gasteiger charge is 2.47. The van der Waals surface area contributed by atoms with Crippen molar-refractivity contribution in [2.24, 2.45) is 0 Å². The molecule has 0 spiro atoms. The summed E-state index contributed by atoms with van der Waals surface area (Å²) in [6.45, 7) is 0. The molecule has 0 heterocycles. The van der Waals surface area contributed by atoms with Crippen LogP contribution in [0, 0.1) is 10.1 Å². The minimum atomic E-state index is -0.435. The van der Waals surface area contributed by atoms with Gasteiger partial charge in [0.25, 0.3) is 5.69 Å². The average Bonchev–Trinajstić information content (AvgIpc) is 3.23. The normalized spacial score (nSPS) is 15.5. The van der Waals surface area contributed by atoms with Crippen molar-refractivity contribution in [2.45, 2.75) is 18.4 Å². The minimum Gasteiger partial charge on any atom is -0.483 e. The zero-order chi connectivity index (χ0) is 15.0. The molecule has 108 valence electrons. The largest absolute Gasteiger partial charge is 0.483 e. The number of ether oxygens (including phenoxy) is 1. The number of nitro benzene ring substituents is 1. The van der Waals surface area contributed by atoms with Gasteiger partial charge in [-0.3, -0.25) is 10.1 Å². The van der Waals surface area contributed by atoms with Crippen LogP contribution in [0.5, 0.6) is 5.75 Å². The van der Waals surface area contributed by atoms with Crippen LogP contribution < -0.4 is 4.74 Å². The molecule has 1 saturated carbocycles. The Balaban J connectivity index is 1.83. The lowest BCUT2D eigenvalue weighted by atomic mass is 10.1. The molecule has 1 aliphatic rings. The first-order valence-electron chi connectivity index (χ1n) is 6.39. The summed E-state index contributed by atoms with van der Waals surface area (Å²) < 4.78 is 6.00. The fraction of sp³-hybridized carbons (Fsp3) is 0.200. The third kappa shape index (κ3) is 2.82. The number of nitrogens with zero attached hydrogens (tertiary/aromatic N) is 1. The molecule has 6 heteroatoms. The highest BCUT2D eigenvalue weighted by atomic mass is 35.5. The Morgan fingerprint density at radius 1 is 1.05 bits per heavy atom. The van der Waals surface area contributed by atoms with E-state index in [1.54, 1.807) is 18.2 Å². The van der Waals surface area contributed by atoms with E-state index in [1.807, 2.05) is 12.1 Å². The van der Waals surface area contributed by atoms with Crippen molar-refractivity contribution in [3.8, 4) is 5.75 Å². The van der Waals surface area contributed by atoms with E-state index in [2.05, 4.69) is 0 Å². The van der Waals surface area contributed by atoms with Gasteiger partial charge in [-0.05, 0) is 42.7 Å². The maximum Gasteiger partial charge on any atom is 0.269 e. The predicted molar refractivity (Wildman–Crippen MR) is 81.1 cm³/mol. The highest BCUT2D eigenvalue weighted by molar-refractivity contribution is 6.42. The van der Waals surface area contributed by atoms with Gasteiger partial charge in [0.05, 0.1) is 15.0 Å². The first kappa shape index (κ1) is 14.2. The van der Waals surface area contributed by atoms with Gasteiger partial charge in [0, 0.05) is 12.1 Å². The summed E-state index contributed by atoms with van der Waals surface area (Å²) in [4.78, 5) is 10.2. The Bertz CT molecular complexity index is 697. The van der Waals surface area contributed by atoms with Crippen LogP contribution in [0.4, 0.5) is 5.69 Å². The first-order chi connectivity index (χ1) is 10.00. The summed E-state index contributed by atoms with van der Waals surface area (Å²) in [6, 6.07) is 11.5. The molecule has 21 heavy (non-hydrogen) atoms. The third-order valence-corrected chi connectivity index (χ3v) is 4.25. The van der Waals surface area contributed by atoms with Crippen molar-refractivity contribution in [2.75, 3.05) is 0 Å². The van der Waals surface area contributed by atoms with E-state index in [9.17, 15) is 10.1 Å². The van der Waals surface area contributed by atoms with Crippen LogP contribution in [0.15, 0.2) is 42.5 Å². The molecule has 4 nitrogen and oxygen atoms in total. The zero-order valence-corrected chi connectivity index (χ0v) is 12.4. The Morgan fingerprint density at radius 3 is 2.24 bits per heavy atom. The van der Waals surface area contributed by atoms with Crippen LogP contribution in [0.3, 0.4) is 0 Å². The molecule has 3 rings (SSSR count). The quantitative estimate of drug-likeness (QED) is 0.589. The number of halogens is 2. The van der Waals surface area contributed by atoms with Crippen LogP contribution in [0.1, 0.15) is 18.4 Å². The second kappa shape index (κ2) is 5.20. The maximum absolute atomic E-state index is 10.6. The van der Waals surface area contributed by atoms with Crippen LogP contribution in [0.25, 0.3) is 0 Å². The van der Waals surface area contributed by atoms with E-state index in [0.29, 0.717) is 15.8 Å². The van der Waals surface area contributed by atoms with Crippen molar-refractivity contribution in [1.29, 1.82) is 0 Å². The maximum atomic E-state index is 10.6. The molecule has 2 aromatic rings. The predicted octanol–water partition coefficient (Wildman–Crippen LogP) is 4.97. The number of rotatable bonds is 4. The number of non-ortho nitro benzene ring substituents is 1. The number of hydrogen-bond donors (Lipinski definition) is 0. The molecule has 0 bridgehead atoms. The molecular formula is C15H11Cl2NO3. The Kier molecular flexibility index (Phi) is 3.51. The lowest BCUT2D eigenvalue weighted by molar-refractivity contribution is -0.384. The van der Waals surface area contributed by atoms with Crippen LogP contribution in [-0.4, -0.2) is 4.92 Å². The van der Waals surface area contributed by atoms with Crippen molar-refractivity contribution in [1.82, 2.24) is 0 Å². The molecule has 0 N–H and O–H groups in total. The molecule has 2 aromatic carbocycles. The fourth-order valence-electron chi connectivity index (χ4n) is 2.20. The second-order valence-corrected chi connectivity index (χ2v) is 5.79. The standard InChI is InChI=1S/C15H11Cl2NO3/c16-13-6-1-10(9-14(13)17)15(7-8-15)21-12-4-2-11(3-5-12)18(19)20/h1-6,9H,7-8H2. The molecule has 0 atom stereocenters. The van der Waals surface area contributed by atoms with Gasteiger partial charge < -0.3 is 4.74 Å². The SMILES string of the molecule is O=[N+]([O-])c1ccc(OC2(c3ccc(Cl)c(Cl)c3)CC2)cc1. The second-order valence-electron chi connectivity index (χ2n) is 4.98. The van der Waals surface area contributed by atoms with Crippen molar-refractivity contribution < 1.29 is 9.66 Å². The van der Waals surface area contributed by atoms with Gasteiger partial charge in [0.1, 0.15) is 11.4 Å². The van der Waals surface area contributed by atoms with E-state index < -0.39 is 10.5 Å². The number of hydrogen-bond acceptors (Lipinski definition) is 3. The van der Waals surface area contributed by atoms with Crippen molar-refractivity contribution in [3.63, 3.8) is 0 Å². The summed E-state index contributed by atoms with van der Waals surface area (Å²) in [5, 5.41) is 11.6.